The average Bonchev–Trinajstić information content (AvgIpc) is 2.67. The van der Waals surface area contributed by atoms with E-state index in [9.17, 15) is 19.5 Å². The zero-order valence-electron chi connectivity index (χ0n) is 20.0. The smallest absolute Gasteiger partial charge is 0.303 e. The number of carbonyl (C=O) groups excluding carboxylic acids is 2. The van der Waals surface area contributed by atoms with Gasteiger partial charge in [0.2, 0.25) is 0 Å². The second-order valence-electron chi connectivity index (χ2n) is 11.0. The molecule has 2 saturated carbocycles. The molecule has 5 unspecified atom stereocenters. The molecule has 0 heterocycles. The van der Waals surface area contributed by atoms with Crippen LogP contribution in [0.5, 0.6) is 0 Å². The normalized spacial score (nSPS) is 35.9. The third-order valence-corrected chi connectivity index (χ3v) is 8.94. The molecule has 0 amide bonds. The molecule has 0 aromatic carbocycles. The van der Waals surface area contributed by atoms with E-state index < -0.39 is 5.97 Å². The maximum atomic E-state index is 12.9. The maximum Gasteiger partial charge on any atom is 0.303 e. The fourth-order valence-corrected chi connectivity index (χ4v) is 7.10. The Balaban J connectivity index is 2.00. The Hall–Kier alpha value is -1.97. The Bertz CT molecular complexity index is 885. The Kier molecular flexibility index (Phi) is 6.51. The minimum atomic E-state index is -0.732. The van der Waals surface area contributed by atoms with Gasteiger partial charge >= 0.3 is 5.97 Å². The van der Waals surface area contributed by atoms with Gasteiger partial charge in [0.25, 0.3) is 0 Å². The van der Waals surface area contributed by atoms with E-state index in [1.165, 1.54) is 17.2 Å². The summed E-state index contributed by atoms with van der Waals surface area (Å²) in [5.41, 5.74) is 3.87. The van der Waals surface area contributed by atoms with Crippen molar-refractivity contribution >= 4 is 17.5 Å². The van der Waals surface area contributed by atoms with Gasteiger partial charge < -0.3 is 5.11 Å². The summed E-state index contributed by atoms with van der Waals surface area (Å²) >= 11 is 0. The highest BCUT2D eigenvalue weighted by molar-refractivity contribution is 6.20. The van der Waals surface area contributed by atoms with Crippen LogP contribution in [-0.4, -0.2) is 22.6 Å². The Morgan fingerprint density at radius 3 is 2.45 bits per heavy atom. The predicted octanol–water partition coefficient (Wildman–Crippen LogP) is 6.07. The summed E-state index contributed by atoms with van der Waals surface area (Å²) in [4.78, 5) is 36.4. The maximum absolute atomic E-state index is 12.9. The number of hydrogen-bond donors (Lipinski definition) is 1. The van der Waals surface area contributed by atoms with Crippen LogP contribution in [0.25, 0.3) is 0 Å². The lowest BCUT2D eigenvalue weighted by Crippen LogP contribution is -2.54. The van der Waals surface area contributed by atoms with Gasteiger partial charge in [-0.05, 0) is 100 Å². The summed E-state index contributed by atoms with van der Waals surface area (Å²) in [6, 6.07) is 0. The van der Waals surface area contributed by atoms with Crippen LogP contribution in [0, 0.1) is 28.6 Å². The van der Waals surface area contributed by atoms with Crippen molar-refractivity contribution in [1.29, 1.82) is 0 Å². The second kappa shape index (κ2) is 8.52. The highest BCUT2D eigenvalue weighted by atomic mass is 16.4. The molecule has 3 aliphatic carbocycles. The van der Waals surface area contributed by atoms with Gasteiger partial charge in [-0.2, -0.15) is 0 Å². The van der Waals surface area contributed by atoms with Gasteiger partial charge in [0.15, 0.2) is 11.6 Å². The van der Waals surface area contributed by atoms with E-state index in [1.807, 2.05) is 0 Å². The zero-order valence-corrected chi connectivity index (χ0v) is 20.0. The number of carboxylic acid groups (broad SMARTS) is 1. The molecule has 0 saturated heterocycles. The molecule has 0 aromatic heterocycles. The first-order valence-corrected chi connectivity index (χ1v) is 11.8. The van der Waals surface area contributed by atoms with Crippen molar-refractivity contribution in [2.75, 3.05) is 0 Å². The summed E-state index contributed by atoms with van der Waals surface area (Å²) in [6.07, 6.45) is 8.69. The van der Waals surface area contributed by atoms with E-state index in [4.69, 9.17) is 0 Å². The van der Waals surface area contributed by atoms with E-state index in [0.717, 1.165) is 25.7 Å². The molecule has 2 fully saturated rings. The molecule has 1 N–H and O–H groups in total. The van der Waals surface area contributed by atoms with Gasteiger partial charge in [0, 0.05) is 17.6 Å². The fraction of sp³-hybridized carbons (Fsp3) is 0.667. The topological polar surface area (TPSA) is 71.4 Å². The van der Waals surface area contributed by atoms with Gasteiger partial charge in [-0.1, -0.05) is 31.9 Å². The highest BCUT2D eigenvalue weighted by Gasteiger charge is 2.57. The summed E-state index contributed by atoms with van der Waals surface area (Å²) in [6.45, 7) is 13.0. The van der Waals surface area contributed by atoms with Crippen LogP contribution in [0.4, 0.5) is 0 Å². The molecule has 0 spiro atoms. The predicted molar refractivity (Wildman–Crippen MR) is 123 cm³/mol. The largest absolute Gasteiger partial charge is 0.481 e. The lowest BCUT2D eigenvalue weighted by Gasteiger charge is -2.61. The zero-order chi connectivity index (χ0) is 23.1. The first-order valence-electron chi connectivity index (χ1n) is 11.8. The Morgan fingerprint density at radius 2 is 1.84 bits per heavy atom. The number of allylic oxidation sites excluding steroid dienone is 6. The van der Waals surface area contributed by atoms with Crippen LogP contribution in [-0.2, 0) is 14.4 Å². The van der Waals surface area contributed by atoms with Crippen LogP contribution in [0.3, 0.4) is 0 Å². The third-order valence-electron chi connectivity index (χ3n) is 8.94. The number of ketones is 2. The molecule has 0 aliphatic heterocycles. The quantitative estimate of drug-likeness (QED) is 0.428. The van der Waals surface area contributed by atoms with E-state index in [-0.39, 0.29) is 34.7 Å². The molecule has 0 radical (unpaired) electrons. The molecule has 3 rings (SSSR count). The molecule has 0 aromatic rings. The first-order chi connectivity index (χ1) is 14.4. The van der Waals surface area contributed by atoms with Gasteiger partial charge in [0.05, 0.1) is 0 Å². The van der Waals surface area contributed by atoms with Crippen LogP contribution >= 0.6 is 0 Å². The average molecular weight is 427 g/mol. The van der Waals surface area contributed by atoms with Gasteiger partial charge in [-0.25, -0.2) is 0 Å². The number of fused-ring (bicyclic) bond motifs is 1. The van der Waals surface area contributed by atoms with E-state index in [2.05, 4.69) is 34.6 Å². The first kappa shape index (κ1) is 23.7. The van der Waals surface area contributed by atoms with Crippen molar-refractivity contribution in [3.63, 3.8) is 0 Å². The molecule has 5 atom stereocenters. The molecule has 4 nitrogen and oxygen atoms in total. The molecule has 0 bridgehead atoms. The van der Waals surface area contributed by atoms with E-state index in [1.54, 1.807) is 13.0 Å². The van der Waals surface area contributed by atoms with Crippen molar-refractivity contribution in [3.8, 4) is 0 Å². The van der Waals surface area contributed by atoms with Crippen molar-refractivity contribution in [2.45, 2.75) is 86.5 Å². The molecule has 3 aliphatic rings. The SMILES string of the molecule is CC1=CC(=O)C=C(CC2(C)C(C)CCC3(C)C(CCC(=O)O)C(=C(C)C)CCC23)C1=O. The van der Waals surface area contributed by atoms with Gasteiger partial charge in [0.1, 0.15) is 0 Å². The van der Waals surface area contributed by atoms with Crippen molar-refractivity contribution < 1.29 is 19.5 Å². The van der Waals surface area contributed by atoms with E-state index >= 15 is 0 Å². The molecule has 31 heavy (non-hydrogen) atoms. The minimum absolute atomic E-state index is 0.00326. The summed E-state index contributed by atoms with van der Waals surface area (Å²) in [7, 11) is 0. The van der Waals surface area contributed by atoms with Crippen LogP contribution < -0.4 is 0 Å². The molecule has 170 valence electrons. The summed E-state index contributed by atoms with van der Waals surface area (Å²) in [5, 5.41) is 9.39. The number of carbonyl (C=O) groups is 3. The summed E-state index contributed by atoms with van der Waals surface area (Å²) < 4.78 is 0. The summed E-state index contributed by atoms with van der Waals surface area (Å²) in [5.74, 6) is 0.276. The lowest BCUT2D eigenvalue weighted by molar-refractivity contribution is -0.138. The number of carboxylic acids is 1. The number of rotatable bonds is 5. The van der Waals surface area contributed by atoms with Crippen molar-refractivity contribution in [2.24, 2.45) is 28.6 Å². The van der Waals surface area contributed by atoms with Gasteiger partial charge in [-0.15, -0.1) is 0 Å². The number of aliphatic carboxylic acids is 1. The molecule has 4 heteroatoms. The number of hydrogen-bond acceptors (Lipinski definition) is 3. The lowest BCUT2D eigenvalue weighted by atomic mass is 9.43. The van der Waals surface area contributed by atoms with Crippen molar-refractivity contribution in [3.05, 3.63) is 34.4 Å². The highest BCUT2D eigenvalue weighted by Crippen LogP contribution is 2.65. The third kappa shape index (κ3) is 4.23. The minimum Gasteiger partial charge on any atom is -0.481 e. The van der Waals surface area contributed by atoms with Gasteiger partial charge in [-0.3, -0.25) is 14.4 Å². The molecular weight excluding hydrogens is 388 g/mol. The Morgan fingerprint density at radius 1 is 1.16 bits per heavy atom. The monoisotopic (exact) mass is 426 g/mol. The van der Waals surface area contributed by atoms with E-state index in [0.29, 0.717) is 35.8 Å². The fourth-order valence-electron chi connectivity index (χ4n) is 7.10. The van der Waals surface area contributed by atoms with Crippen LogP contribution in [0.1, 0.15) is 86.5 Å². The number of Topliss-reactive ketones (excluding diaryl/α,β-unsaturated/α-hetero) is 1. The van der Waals surface area contributed by atoms with Crippen LogP contribution in [0.15, 0.2) is 34.4 Å². The van der Waals surface area contributed by atoms with Crippen LogP contribution in [0.2, 0.25) is 0 Å². The van der Waals surface area contributed by atoms with Crippen molar-refractivity contribution in [1.82, 2.24) is 0 Å². The standard InChI is InChI=1S/C27H38O4/c1-16(2)21-7-9-23-26(5,22(21)8-10-24(29)30)12-11-18(4)27(23,6)15-19-14-20(28)13-17(3)25(19)31/h13-14,18,22-23H,7-12,15H2,1-6H3,(H,29,30). The second-order valence-corrected chi connectivity index (χ2v) is 11.0. The molecular formula is C27H38O4. The Labute approximate surface area is 186 Å².